The Hall–Kier alpha value is -1.80. The van der Waals surface area contributed by atoms with Crippen molar-refractivity contribution in [1.29, 1.82) is 0 Å². The Balaban J connectivity index is 1.82. The lowest BCUT2D eigenvalue weighted by Gasteiger charge is -2.10. The Morgan fingerprint density at radius 2 is 2.14 bits per heavy atom. The first-order chi connectivity index (χ1) is 10.1. The molecule has 0 unspecified atom stereocenters. The van der Waals surface area contributed by atoms with Crippen molar-refractivity contribution < 1.29 is 9.53 Å². The van der Waals surface area contributed by atoms with Crippen molar-refractivity contribution in [3.05, 3.63) is 29.8 Å². The molecule has 0 saturated carbocycles. The highest BCUT2D eigenvalue weighted by Gasteiger charge is 2.16. The lowest BCUT2D eigenvalue weighted by Crippen LogP contribution is -2.30. The van der Waals surface area contributed by atoms with Gasteiger partial charge in [-0.25, -0.2) is 0 Å². The molecule has 2 aromatic rings. The number of nitrogens with two attached hydrogens (primary N) is 1. The molecule has 0 aliphatic heterocycles. The molecule has 3 N–H and O–H groups in total. The number of rotatable bonds is 6. The molecule has 0 fully saturated rings. The van der Waals surface area contributed by atoms with E-state index < -0.39 is 0 Å². The van der Waals surface area contributed by atoms with E-state index in [-0.39, 0.29) is 11.2 Å². The highest BCUT2D eigenvalue weighted by molar-refractivity contribution is 8.02. The number of hydrogen-bond acceptors (Lipinski definition) is 7. The molecule has 1 amide bonds. The molecule has 1 atom stereocenters. The van der Waals surface area contributed by atoms with Gasteiger partial charge >= 0.3 is 0 Å². The molecule has 1 aromatic heterocycles. The fraction of sp³-hybridized carbons (Fsp3) is 0.308. The molecule has 112 valence electrons. The zero-order chi connectivity index (χ0) is 15.2. The van der Waals surface area contributed by atoms with Gasteiger partial charge in [0.1, 0.15) is 5.75 Å². The van der Waals surface area contributed by atoms with E-state index in [1.165, 1.54) is 23.1 Å². The summed E-state index contributed by atoms with van der Waals surface area (Å²) in [6.45, 7) is 2.30. The number of nitrogens with zero attached hydrogens (tertiary/aromatic N) is 2. The van der Waals surface area contributed by atoms with Crippen LogP contribution >= 0.6 is 23.1 Å². The van der Waals surface area contributed by atoms with E-state index in [1.54, 1.807) is 7.11 Å². The number of carbonyl (C=O) groups excluding carboxylic acids is 1. The van der Waals surface area contributed by atoms with Gasteiger partial charge in [-0.15, -0.1) is 10.2 Å². The standard InChI is InChI=1S/C13H16N4O2S2/c1-8(20-13-17-16-12(14)21-13)11(18)15-7-9-3-5-10(19-2)6-4-9/h3-6,8H,7H2,1-2H3,(H2,14,16)(H,15,18)/t8-/m1/s1. The van der Waals surface area contributed by atoms with Crippen LogP contribution in [0.2, 0.25) is 0 Å². The van der Waals surface area contributed by atoms with Gasteiger partial charge in [0, 0.05) is 6.54 Å². The number of aromatic nitrogens is 2. The molecule has 1 aromatic carbocycles. The van der Waals surface area contributed by atoms with Crippen LogP contribution in [0, 0.1) is 0 Å². The van der Waals surface area contributed by atoms with E-state index in [2.05, 4.69) is 15.5 Å². The highest BCUT2D eigenvalue weighted by atomic mass is 32.2. The average Bonchev–Trinajstić information content (AvgIpc) is 2.90. The van der Waals surface area contributed by atoms with E-state index >= 15 is 0 Å². The summed E-state index contributed by atoms with van der Waals surface area (Å²) in [7, 11) is 1.62. The lowest BCUT2D eigenvalue weighted by molar-refractivity contribution is -0.120. The third kappa shape index (κ3) is 4.61. The number of amides is 1. The third-order valence-corrected chi connectivity index (χ3v) is 4.63. The first-order valence-corrected chi connectivity index (χ1v) is 7.94. The highest BCUT2D eigenvalue weighted by Crippen LogP contribution is 2.27. The maximum atomic E-state index is 12.0. The van der Waals surface area contributed by atoms with E-state index in [4.69, 9.17) is 10.5 Å². The second kappa shape index (κ2) is 7.28. The molecule has 0 saturated heterocycles. The van der Waals surface area contributed by atoms with Gasteiger partial charge < -0.3 is 15.8 Å². The van der Waals surface area contributed by atoms with Crippen LogP contribution in [0.4, 0.5) is 5.13 Å². The summed E-state index contributed by atoms with van der Waals surface area (Å²) >= 11 is 2.62. The van der Waals surface area contributed by atoms with Gasteiger partial charge in [0.05, 0.1) is 12.4 Å². The average molecular weight is 324 g/mol. The van der Waals surface area contributed by atoms with Crippen LogP contribution in [-0.4, -0.2) is 28.5 Å². The van der Waals surface area contributed by atoms with E-state index in [0.29, 0.717) is 16.0 Å². The van der Waals surface area contributed by atoms with Crippen molar-refractivity contribution in [3.63, 3.8) is 0 Å². The largest absolute Gasteiger partial charge is 0.497 e. The molecule has 21 heavy (non-hydrogen) atoms. The summed E-state index contributed by atoms with van der Waals surface area (Å²) < 4.78 is 5.78. The zero-order valence-electron chi connectivity index (χ0n) is 11.7. The molecule has 0 radical (unpaired) electrons. The number of ether oxygens (including phenoxy) is 1. The van der Waals surface area contributed by atoms with Crippen molar-refractivity contribution >= 4 is 34.1 Å². The molecule has 0 spiro atoms. The fourth-order valence-corrected chi connectivity index (χ4v) is 3.35. The number of thioether (sulfide) groups is 1. The third-order valence-electron chi connectivity index (χ3n) is 2.69. The van der Waals surface area contributed by atoms with Crippen molar-refractivity contribution in [2.45, 2.75) is 23.1 Å². The SMILES string of the molecule is COc1ccc(CNC(=O)[C@@H](C)Sc2nnc(N)s2)cc1. The van der Waals surface area contributed by atoms with Crippen LogP contribution in [-0.2, 0) is 11.3 Å². The topological polar surface area (TPSA) is 90.1 Å². The van der Waals surface area contributed by atoms with Crippen LogP contribution in [0.1, 0.15) is 12.5 Å². The van der Waals surface area contributed by atoms with E-state index in [0.717, 1.165) is 11.3 Å². The number of methoxy groups -OCH3 is 1. The van der Waals surface area contributed by atoms with Crippen molar-refractivity contribution in [2.24, 2.45) is 0 Å². The van der Waals surface area contributed by atoms with Crippen molar-refractivity contribution in [1.82, 2.24) is 15.5 Å². The van der Waals surface area contributed by atoms with Crippen LogP contribution in [0.25, 0.3) is 0 Å². The molecule has 8 heteroatoms. The molecule has 0 aliphatic rings. The summed E-state index contributed by atoms with van der Waals surface area (Å²) in [5.74, 6) is 0.743. The predicted molar refractivity (Wildman–Crippen MR) is 84.5 cm³/mol. The van der Waals surface area contributed by atoms with Gasteiger partial charge in [-0.2, -0.15) is 0 Å². The number of benzene rings is 1. The van der Waals surface area contributed by atoms with E-state index in [1.807, 2.05) is 31.2 Å². The molecular weight excluding hydrogens is 308 g/mol. The van der Waals surface area contributed by atoms with Crippen molar-refractivity contribution in [3.8, 4) is 5.75 Å². The predicted octanol–water partition coefficient (Wildman–Crippen LogP) is 1.93. The molecule has 1 heterocycles. The molecule has 2 rings (SSSR count). The summed E-state index contributed by atoms with van der Waals surface area (Å²) in [5, 5.41) is 10.6. The number of hydrogen-bond donors (Lipinski definition) is 2. The molecular formula is C13H16N4O2S2. The summed E-state index contributed by atoms with van der Waals surface area (Å²) in [5.41, 5.74) is 6.52. The Bertz CT molecular complexity index is 600. The first kappa shape index (κ1) is 15.6. The van der Waals surface area contributed by atoms with Crippen molar-refractivity contribution in [2.75, 3.05) is 12.8 Å². The zero-order valence-corrected chi connectivity index (χ0v) is 13.3. The van der Waals surface area contributed by atoms with Gasteiger partial charge in [0.15, 0.2) is 4.34 Å². The second-order valence-corrected chi connectivity index (χ2v) is 6.83. The number of carbonyl (C=O) groups is 1. The van der Waals surface area contributed by atoms with Gasteiger partial charge in [0.2, 0.25) is 11.0 Å². The smallest absolute Gasteiger partial charge is 0.233 e. The number of nitrogens with one attached hydrogen (secondary N) is 1. The molecule has 6 nitrogen and oxygen atoms in total. The summed E-state index contributed by atoms with van der Waals surface area (Å²) in [4.78, 5) is 12.0. The quantitative estimate of drug-likeness (QED) is 0.789. The van der Waals surface area contributed by atoms with Crippen LogP contribution < -0.4 is 15.8 Å². The Kier molecular flexibility index (Phi) is 5.40. The fourth-order valence-electron chi connectivity index (χ4n) is 1.55. The summed E-state index contributed by atoms with van der Waals surface area (Å²) in [6.07, 6.45) is 0. The maximum absolute atomic E-state index is 12.0. The van der Waals surface area contributed by atoms with E-state index in [9.17, 15) is 4.79 Å². The van der Waals surface area contributed by atoms with Crippen LogP contribution in [0.15, 0.2) is 28.6 Å². The Morgan fingerprint density at radius 1 is 1.43 bits per heavy atom. The number of anilines is 1. The van der Waals surface area contributed by atoms with Gasteiger partial charge in [-0.05, 0) is 24.6 Å². The molecule has 0 aliphatic carbocycles. The van der Waals surface area contributed by atoms with Gasteiger partial charge in [0.25, 0.3) is 0 Å². The number of nitrogen functional groups attached to an aromatic ring is 1. The Morgan fingerprint density at radius 3 is 2.71 bits per heavy atom. The monoisotopic (exact) mass is 324 g/mol. The first-order valence-electron chi connectivity index (χ1n) is 6.24. The second-order valence-electron chi connectivity index (χ2n) is 4.23. The van der Waals surface area contributed by atoms with Gasteiger partial charge in [-0.3, -0.25) is 4.79 Å². The normalized spacial score (nSPS) is 11.9. The lowest BCUT2D eigenvalue weighted by atomic mass is 10.2. The van der Waals surface area contributed by atoms with Gasteiger partial charge in [-0.1, -0.05) is 35.2 Å². The van der Waals surface area contributed by atoms with Crippen LogP contribution in [0.5, 0.6) is 5.75 Å². The minimum Gasteiger partial charge on any atom is -0.497 e. The summed E-state index contributed by atoms with van der Waals surface area (Å²) in [6, 6.07) is 7.57. The Labute approximate surface area is 131 Å². The minimum absolute atomic E-state index is 0.0513. The van der Waals surface area contributed by atoms with Crippen LogP contribution in [0.3, 0.4) is 0 Å². The minimum atomic E-state index is -0.254. The maximum Gasteiger partial charge on any atom is 0.233 e. The molecule has 0 bridgehead atoms.